The van der Waals surface area contributed by atoms with Crippen LogP contribution in [0.25, 0.3) is 11.1 Å². The van der Waals surface area contributed by atoms with E-state index in [1.54, 1.807) is 17.0 Å². The molecule has 2 heterocycles. The number of hydrogen-bond donors (Lipinski definition) is 0. The Hall–Kier alpha value is -3.71. The molecule has 1 unspecified atom stereocenters. The lowest BCUT2D eigenvalue weighted by atomic mass is 10.0. The summed E-state index contributed by atoms with van der Waals surface area (Å²) in [4.78, 5) is 31.7. The second kappa shape index (κ2) is 9.03. The maximum absolute atomic E-state index is 13.4. The van der Waals surface area contributed by atoms with Gasteiger partial charge in [0.15, 0.2) is 0 Å². The van der Waals surface area contributed by atoms with E-state index in [-0.39, 0.29) is 17.8 Å². The fourth-order valence-electron chi connectivity index (χ4n) is 4.43. The molecular formula is C26H24FN3O3. The van der Waals surface area contributed by atoms with E-state index in [1.165, 1.54) is 17.0 Å². The SMILES string of the molecule is O=C1C2CN(CCOc3ccc(F)cc3)CCN2C(=O)N1c1ccccc1-c1ccccc1. The lowest BCUT2D eigenvalue weighted by molar-refractivity contribution is -0.121. The predicted octanol–water partition coefficient (Wildman–Crippen LogP) is 4.02. The molecule has 0 saturated carbocycles. The van der Waals surface area contributed by atoms with Crippen LogP contribution in [0.15, 0.2) is 78.9 Å². The molecule has 168 valence electrons. The van der Waals surface area contributed by atoms with Crippen molar-refractivity contribution < 1.29 is 18.7 Å². The predicted molar refractivity (Wildman–Crippen MR) is 124 cm³/mol. The Bertz CT molecular complexity index is 1150. The number of para-hydroxylation sites is 1. The summed E-state index contributed by atoms with van der Waals surface area (Å²) in [6, 6.07) is 22.4. The Morgan fingerprint density at radius 2 is 1.61 bits per heavy atom. The normalized spacial score (nSPS) is 18.5. The van der Waals surface area contributed by atoms with Crippen LogP contribution in [0.2, 0.25) is 0 Å². The first-order chi connectivity index (χ1) is 16.1. The summed E-state index contributed by atoms with van der Waals surface area (Å²) in [7, 11) is 0. The third-order valence-corrected chi connectivity index (χ3v) is 6.13. The Balaban J connectivity index is 1.29. The van der Waals surface area contributed by atoms with Gasteiger partial charge in [-0.2, -0.15) is 0 Å². The lowest BCUT2D eigenvalue weighted by Gasteiger charge is -2.35. The third-order valence-electron chi connectivity index (χ3n) is 6.13. The molecule has 3 aromatic carbocycles. The van der Waals surface area contributed by atoms with Crippen molar-refractivity contribution in [1.29, 1.82) is 0 Å². The summed E-state index contributed by atoms with van der Waals surface area (Å²) >= 11 is 0. The van der Waals surface area contributed by atoms with E-state index in [9.17, 15) is 14.0 Å². The number of rotatable bonds is 6. The molecule has 7 heteroatoms. The quantitative estimate of drug-likeness (QED) is 0.538. The number of fused-ring (bicyclic) bond motifs is 1. The smallest absolute Gasteiger partial charge is 0.332 e. The second-order valence-electron chi connectivity index (χ2n) is 8.15. The number of carbonyl (C=O) groups is 2. The van der Waals surface area contributed by atoms with Crippen LogP contribution in [0.5, 0.6) is 5.75 Å². The van der Waals surface area contributed by atoms with Crippen molar-refractivity contribution in [2.24, 2.45) is 0 Å². The van der Waals surface area contributed by atoms with Gasteiger partial charge >= 0.3 is 6.03 Å². The first kappa shape index (κ1) is 21.2. The average molecular weight is 445 g/mol. The van der Waals surface area contributed by atoms with Crippen molar-refractivity contribution in [2.45, 2.75) is 6.04 Å². The van der Waals surface area contributed by atoms with Gasteiger partial charge in [-0.1, -0.05) is 48.5 Å². The number of imide groups is 1. The van der Waals surface area contributed by atoms with E-state index < -0.39 is 6.04 Å². The first-order valence-corrected chi connectivity index (χ1v) is 11.0. The van der Waals surface area contributed by atoms with E-state index >= 15 is 0 Å². The van der Waals surface area contributed by atoms with Crippen LogP contribution < -0.4 is 9.64 Å². The molecule has 0 spiro atoms. The van der Waals surface area contributed by atoms with Crippen molar-refractivity contribution in [1.82, 2.24) is 9.80 Å². The van der Waals surface area contributed by atoms with Crippen LogP contribution in [-0.4, -0.2) is 60.6 Å². The van der Waals surface area contributed by atoms with Gasteiger partial charge in [0.1, 0.15) is 24.2 Å². The van der Waals surface area contributed by atoms with E-state index in [0.29, 0.717) is 44.2 Å². The van der Waals surface area contributed by atoms with E-state index in [4.69, 9.17) is 4.74 Å². The minimum absolute atomic E-state index is 0.201. The van der Waals surface area contributed by atoms with Gasteiger partial charge in [0, 0.05) is 31.7 Å². The lowest BCUT2D eigenvalue weighted by Crippen LogP contribution is -2.53. The number of piperazine rings is 1. The van der Waals surface area contributed by atoms with Crippen molar-refractivity contribution in [3.05, 3.63) is 84.7 Å². The number of hydrogen-bond acceptors (Lipinski definition) is 4. The number of amides is 3. The van der Waals surface area contributed by atoms with Gasteiger partial charge in [-0.05, 0) is 35.9 Å². The van der Waals surface area contributed by atoms with Gasteiger partial charge < -0.3 is 9.64 Å². The molecule has 2 fully saturated rings. The number of anilines is 1. The Morgan fingerprint density at radius 3 is 2.39 bits per heavy atom. The van der Waals surface area contributed by atoms with Crippen LogP contribution in [0.1, 0.15) is 0 Å². The molecule has 6 nitrogen and oxygen atoms in total. The number of benzene rings is 3. The molecule has 0 aliphatic carbocycles. The highest BCUT2D eigenvalue weighted by Crippen LogP contribution is 2.35. The Labute approximate surface area is 191 Å². The highest BCUT2D eigenvalue weighted by Gasteiger charge is 2.48. The van der Waals surface area contributed by atoms with Crippen molar-refractivity contribution in [3.8, 4) is 16.9 Å². The fraction of sp³-hybridized carbons (Fsp3) is 0.231. The van der Waals surface area contributed by atoms with Crippen molar-refractivity contribution in [2.75, 3.05) is 37.7 Å². The molecule has 2 saturated heterocycles. The van der Waals surface area contributed by atoms with Crippen LogP contribution >= 0.6 is 0 Å². The zero-order valence-electron chi connectivity index (χ0n) is 18.1. The molecule has 5 rings (SSSR count). The second-order valence-corrected chi connectivity index (χ2v) is 8.15. The largest absolute Gasteiger partial charge is 0.492 e. The molecule has 3 aromatic rings. The average Bonchev–Trinajstić information content (AvgIpc) is 3.10. The maximum Gasteiger partial charge on any atom is 0.332 e. The molecule has 0 aromatic heterocycles. The van der Waals surface area contributed by atoms with Crippen LogP contribution in [0.4, 0.5) is 14.9 Å². The zero-order chi connectivity index (χ0) is 22.8. The van der Waals surface area contributed by atoms with Gasteiger partial charge in [-0.15, -0.1) is 0 Å². The Morgan fingerprint density at radius 1 is 0.879 bits per heavy atom. The van der Waals surface area contributed by atoms with Crippen LogP contribution in [-0.2, 0) is 4.79 Å². The van der Waals surface area contributed by atoms with Crippen molar-refractivity contribution in [3.63, 3.8) is 0 Å². The molecule has 2 aliphatic rings. The molecule has 33 heavy (non-hydrogen) atoms. The molecule has 0 bridgehead atoms. The summed E-state index contributed by atoms with van der Waals surface area (Å²) < 4.78 is 18.7. The zero-order valence-corrected chi connectivity index (χ0v) is 18.1. The fourth-order valence-corrected chi connectivity index (χ4v) is 4.43. The van der Waals surface area contributed by atoms with Crippen LogP contribution in [0, 0.1) is 5.82 Å². The Kier molecular flexibility index (Phi) is 5.79. The summed E-state index contributed by atoms with van der Waals surface area (Å²) in [5.41, 5.74) is 2.42. The number of ether oxygens (including phenoxy) is 1. The number of halogens is 1. The van der Waals surface area contributed by atoms with Crippen LogP contribution in [0.3, 0.4) is 0 Å². The topological polar surface area (TPSA) is 53.1 Å². The maximum atomic E-state index is 13.4. The number of nitrogens with zero attached hydrogens (tertiary/aromatic N) is 3. The summed E-state index contributed by atoms with van der Waals surface area (Å²) in [6.45, 7) is 2.64. The minimum atomic E-state index is -0.513. The van der Waals surface area contributed by atoms with Gasteiger partial charge in [0.05, 0.1) is 5.69 Å². The summed E-state index contributed by atoms with van der Waals surface area (Å²) in [5.74, 6) is 0.0969. The van der Waals surface area contributed by atoms with Gasteiger partial charge in [-0.25, -0.2) is 14.1 Å². The standard InChI is InChI=1S/C26H24FN3O3/c27-20-10-12-21(13-11-20)33-17-16-28-14-15-29-24(18-28)25(31)30(26(29)32)23-9-5-4-8-22(23)19-6-2-1-3-7-19/h1-13,24H,14-18H2. The highest BCUT2D eigenvalue weighted by molar-refractivity contribution is 6.23. The monoisotopic (exact) mass is 445 g/mol. The summed E-state index contributed by atoms with van der Waals surface area (Å²) in [5, 5.41) is 0. The van der Waals surface area contributed by atoms with E-state index in [1.807, 2.05) is 54.6 Å². The van der Waals surface area contributed by atoms with Gasteiger partial charge in [0.2, 0.25) is 0 Å². The molecule has 0 radical (unpaired) electrons. The minimum Gasteiger partial charge on any atom is -0.492 e. The van der Waals surface area contributed by atoms with Gasteiger partial charge in [-0.3, -0.25) is 9.69 Å². The summed E-state index contributed by atoms with van der Waals surface area (Å²) in [6.07, 6.45) is 0. The molecule has 1 atom stereocenters. The first-order valence-electron chi connectivity index (χ1n) is 11.0. The van der Waals surface area contributed by atoms with Gasteiger partial charge in [0.25, 0.3) is 5.91 Å². The third kappa shape index (κ3) is 4.19. The highest BCUT2D eigenvalue weighted by atomic mass is 19.1. The van der Waals surface area contributed by atoms with E-state index in [0.717, 1.165) is 11.1 Å². The molecular weight excluding hydrogens is 421 g/mol. The molecule has 3 amide bonds. The number of urea groups is 1. The van der Waals surface area contributed by atoms with E-state index in [2.05, 4.69) is 4.90 Å². The molecule has 2 aliphatic heterocycles. The number of carbonyl (C=O) groups excluding carboxylic acids is 2. The van der Waals surface area contributed by atoms with Crippen molar-refractivity contribution >= 4 is 17.6 Å². The molecule has 0 N–H and O–H groups in total.